The quantitative estimate of drug-likeness (QED) is 0.603. The fourth-order valence-corrected chi connectivity index (χ4v) is 1.64. The summed E-state index contributed by atoms with van der Waals surface area (Å²) in [7, 11) is 0. The fraction of sp³-hybridized carbons (Fsp3) is 0.400. The van der Waals surface area contributed by atoms with Crippen LogP contribution in [0.1, 0.15) is 0 Å². The Bertz CT molecular complexity index is 160. The second-order valence-electron chi connectivity index (χ2n) is 2.52. The van der Waals surface area contributed by atoms with Crippen LogP contribution < -0.4 is 0 Å². The molecule has 68 valence electrons. The van der Waals surface area contributed by atoms with Gasteiger partial charge in [-0.1, -0.05) is 25.3 Å². The van der Waals surface area contributed by atoms with Gasteiger partial charge in [0, 0.05) is 11.5 Å². The van der Waals surface area contributed by atoms with Crippen LogP contribution in [0.5, 0.6) is 0 Å². The molecule has 0 saturated carbocycles. The summed E-state index contributed by atoms with van der Waals surface area (Å²) in [6.45, 7) is 7.84. The Kier molecular flexibility index (Phi) is 7.51. The standard InChI is InChI=1S/C10H16S2/c1-9(7-11-3)5-6-10(2)8-12-4/h5-6H,1-2,7-8H2,3-4H3/b6-5-. The topological polar surface area (TPSA) is 0 Å². The second kappa shape index (κ2) is 7.56. The highest BCUT2D eigenvalue weighted by atomic mass is 32.2. The Balaban J connectivity index is 3.73. The number of allylic oxidation sites excluding steroid dienone is 2. The van der Waals surface area contributed by atoms with Crippen molar-refractivity contribution in [1.82, 2.24) is 0 Å². The van der Waals surface area contributed by atoms with Crippen molar-refractivity contribution in [3.63, 3.8) is 0 Å². The predicted octanol–water partition coefficient (Wildman–Crippen LogP) is 3.38. The van der Waals surface area contributed by atoms with Gasteiger partial charge >= 0.3 is 0 Å². The summed E-state index contributed by atoms with van der Waals surface area (Å²) in [5.41, 5.74) is 2.31. The lowest BCUT2D eigenvalue weighted by molar-refractivity contribution is 1.52. The van der Waals surface area contributed by atoms with Gasteiger partial charge in [-0.25, -0.2) is 0 Å². The largest absolute Gasteiger partial charge is 0.161 e. The van der Waals surface area contributed by atoms with Crippen molar-refractivity contribution in [2.75, 3.05) is 24.0 Å². The van der Waals surface area contributed by atoms with Crippen LogP contribution >= 0.6 is 23.5 Å². The molecule has 0 aliphatic carbocycles. The number of hydrogen-bond donors (Lipinski definition) is 0. The maximum Gasteiger partial charge on any atom is 0.0175 e. The molecule has 0 spiro atoms. The first-order valence-corrected chi connectivity index (χ1v) is 6.51. The smallest absolute Gasteiger partial charge is 0.0175 e. The van der Waals surface area contributed by atoms with E-state index >= 15 is 0 Å². The lowest BCUT2D eigenvalue weighted by atomic mass is 10.2. The first-order valence-electron chi connectivity index (χ1n) is 3.72. The molecule has 0 heterocycles. The zero-order chi connectivity index (χ0) is 9.40. The molecule has 0 aliphatic heterocycles. The molecular weight excluding hydrogens is 184 g/mol. The maximum atomic E-state index is 3.92. The van der Waals surface area contributed by atoms with Crippen molar-refractivity contribution in [2.24, 2.45) is 0 Å². The highest BCUT2D eigenvalue weighted by Gasteiger charge is 1.88. The van der Waals surface area contributed by atoms with Crippen LogP contribution in [0.3, 0.4) is 0 Å². The third-order valence-corrected chi connectivity index (χ3v) is 2.53. The van der Waals surface area contributed by atoms with Gasteiger partial charge < -0.3 is 0 Å². The highest BCUT2D eigenvalue weighted by molar-refractivity contribution is 7.99. The molecule has 0 aromatic carbocycles. The van der Waals surface area contributed by atoms with Gasteiger partial charge in [0.15, 0.2) is 0 Å². The minimum atomic E-state index is 1.00. The fourth-order valence-electron chi connectivity index (χ4n) is 0.703. The van der Waals surface area contributed by atoms with Gasteiger partial charge in [0.05, 0.1) is 0 Å². The zero-order valence-corrected chi connectivity index (χ0v) is 9.43. The molecule has 0 nitrogen and oxygen atoms in total. The van der Waals surface area contributed by atoms with Gasteiger partial charge in [-0.15, -0.1) is 0 Å². The Hall–Kier alpha value is -0.0800. The van der Waals surface area contributed by atoms with E-state index in [9.17, 15) is 0 Å². The average Bonchev–Trinajstić information content (AvgIpc) is 2.02. The summed E-state index contributed by atoms with van der Waals surface area (Å²) in [6.07, 6.45) is 8.26. The molecule has 0 bridgehead atoms. The average molecular weight is 200 g/mol. The van der Waals surface area contributed by atoms with Gasteiger partial charge in [0.25, 0.3) is 0 Å². The summed E-state index contributed by atoms with van der Waals surface area (Å²) >= 11 is 3.58. The normalized spacial score (nSPS) is 10.5. The van der Waals surface area contributed by atoms with Crippen molar-refractivity contribution in [1.29, 1.82) is 0 Å². The third kappa shape index (κ3) is 6.62. The van der Waals surface area contributed by atoms with Crippen molar-refractivity contribution in [2.45, 2.75) is 0 Å². The van der Waals surface area contributed by atoms with Crippen LogP contribution in [-0.4, -0.2) is 24.0 Å². The van der Waals surface area contributed by atoms with E-state index in [1.54, 1.807) is 23.5 Å². The van der Waals surface area contributed by atoms with E-state index in [2.05, 4.69) is 37.8 Å². The van der Waals surface area contributed by atoms with E-state index < -0.39 is 0 Å². The molecule has 12 heavy (non-hydrogen) atoms. The van der Waals surface area contributed by atoms with Crippen LogP contribution in [0, 0.1) is 0 Å². The van der Waals surface area contributed by atoms with Crippen molar-refractivity contribution < 1.29 is 0 Å². The molecule has 0 aromatic rings. The minimum absolute atomic E-state index is 1.00. The van der Waals surface area contributed by atoms with E-state index in [0.717, 1.165) is 22.7 Å². The Morgan fingerprint density at radius 1 is 1.00 bits per heavy atom. The molecule has 0 amide bonds. The van der Waals surface area contributed by atoms with Gasteiger partial charge in [-0.05, 0) is 23.7 Å². The molecule has 0 radical (unpaired) electrons. The molecular formula is C10H16S2. The van der Waals surface area contributed by atoms with Crippen LogP contribution in [-0.2, 0) is 0 Å². The summed E-state index contributed by atoms with van der Waals surface area (Å²) in [6, 6.07) is 0. The maximum absolute atomic E-state index is 3.92. The van der Waals surface area contributed by atoms with Gasteiger partial charge in [0.1, 0.15) is 0 Å². The number of hydrogen-bond acceptors (Lipinski definition) is 2. The van der Waals surface area contributed by atoms with E-state index in [1.165, 1.54) is 0 Å². The number of thioether (sulfide) groups is 2. The predicted molar refractivity (Wildman–Crippen MR) is 64.2 cm³/mol. The molecule has 0 rings (SSSR count). The first-order chi connectivity index (χ1) is 5.70. The van der Waals surface area contributed by atoms with Gasteiger partial charge in [-0.2, -0.15) is 23.5 Å². The summed E-state index contributed by atoms with van der Waals surface area (Å²) in [5.74, 6) is 2.01. The number of rotatable bonds is 6. The minimum Gasteiger partial charge on any atom is -0.161 e. The lowest BCUT2D eigenvalue weighted by Crippen LogP contribution is -1.82. The molecule has 0 atom stereocenters. The van der Waals surface area contributed by atoms with E-state index in [1.807, 2.05) is 0 Å². The molecule has 0 saturated heterocycles. The summed E-state index contributed by atoms with van der Waals surface area (Å²) in [5, 5.41) is 0. The molecule has 0 aromatic heterocycles. The molecule has 0 aliphatic rings. The Morgan fingerprint density at radius 3 is 1.58 bits per heavy atom. The third-order valence-electron chi connectivity index (χ3n) is 1.21. The molecule has 0 N–H and O–H groups in total. The van der Waals surface area contributed by atoms with Crippen LogP contribution in [0.4, 0.5) is 0 Å². The Morgan fingerprint density at radius 2 is 1.33 bits per heavy atom. The molecule has 0 unspecified atom stereocenters. The summed E-state index contributed by atoms with van der Waals surface area (Å²) in [4.78, 5) is 0. The van der Waals surface area contributed by atoms with Crippen molar-refractivity contribution in [3.8, 4) is 0 Å². The van der Waals surface area contributed by atoms with Crippen molar-refractivity contribution in [3.05, 3.63) is 36.5 Å². The van der Waals surface area contributed by atoms with Crippen LogP contribution in [0.2, 0.25) is 0 Å². The highest BCUT2D eigenvalue weighted by Crippen LogP contribution is 2.07. The Labute approximate surface area is 84.2 Å². The van der Waals surface area contributed by atoms with E-state index in [-0.39, 0.29) is 0 Å². The lowest BCUT2D eigenvalue weighted by Gasteiger charge is -1.97. The van der Waals surface area contributed by atoms with Crippen molar-refractivity contribution >= 4 is 23.5 Å². The van der Waals surface area contributed by atoms with Crippen LogP contribution in [0.25, 0.3) is 0 Å². The van der Waals surface area contributed by atoms with Crippen LogP contribution in [0.15, 0.2) is 36.5 Å². The van der Waals surface area contributed by atoms with E-state index in [4.69, 9.17) is 0 Å². The zero-order valence-electron chi connectivity index (χ0n) is 7.80. The van der Waals surface area contributed by atoms with Gasteiger partial charge in [-0.3, -0.25) is 0 Å². The van der Waals surface area contributed by atoms with Gasteiger partial charge in [0.2, 0.25) is 0 Å². The monoisotopic (exact) mass is 200 g/mol. The second-order valence-corrected chi connectivity index (χ2v) is 4.25. The van der Waals surface area contributed by atoms with E-state index in [0.29, 0.717) is 0 Å². The molecule has 2 heteroatoms. The SMILES string of the molecule is C=C(/C=C\C(=C)CSC)CSC. The first kappa shape index (κ1) is 11.9. The molecule has 0 fully saturated rings. The summed E-state index contributed by atoms with van der Waals surface area (Å²) < 4.78 is 0.